The fourth-order valence-corrected chi connectivity index (χ4v) is 4.74. The maximum atomic E-state index is 13.2. The van der Waals surface area contributed by atoms with Gasteiger partial charge in [-0.2, -0.15) is 10.1 Å². The molecule has 3 heterocycles. The molecule has 2 atom stereocenters. The summed E-state index contributed by atoms with van der Waals surface area (Å²) in [6, 6.07) is 11.2. The van der Waals surface area contributed by atoms with Crippen LogP contribution in [0.3, 0.4) is 0 Å². The highest BCUT2D eigenvalue weighted by Gasteiger charge is 2.55. The molecule has 160 valence electrons. The molecule has 1 saturated heterocycles. The zero-order chi connectivity index (χ0) is 21.8. The zero-order valence-electron chi connectivity index (χ0n) is 16.8. The van der Waals surface area contributed by atoms with Crippen molar-refractivity contribution in [3.8, 4) is 11.4 Å². The van der Waals surface area contributed by atoms with E-state index >= 15 is 0 Å². The van der Waals surface area contributed by atoms with Gasteiger partial charge in [0.1, 0.15) is 6.54 Å². The number of carbonyl (C=O) groups excluding carboxylic acids is 2. The largest absolute Gasteiger partial charge is 0.337 e. The molecule has 0 radical (unpaired) electrons. The van der Waals surface area contributed by atoms with Gasteiger partial charge < -0.3 is 4.52 Å². The van der Waals surface area contributed by atoms with Crippen LogP contribution in [0, 0.1) is 0 Å². The molecule has 0 saturated carbocycles. The van der Waals surface area contributed by atoms with Crippen LogP contribution in [0.15, 0.2) is 57.3 Å². The Morgan fingerprint density at radius 2 is 1.91 bits per heavy atom. The van der Waals surface area contributed by atoms with Gasteiger partial charge in [-0.15, -0.1) is 0 Å². The third kappa shape index (κ3) is 2.92. The SMILES string of the molecule is O=C1[C@@H]2N=NN(Cc3nc(-c4ccccc4Cl)no3)[C@H]2C(=O)N1c1ccc2c(c1)CCC2. The molecule has 2 aliphatic heterocycles. The Balaban J connectivity index is 1.24. The van der Waals surface area contributed by atoms with Crippen LogP contribution in [-0.2, 0) is 29.0 Å². The fraction of sp³-hybridized carbons (Fsp3) is 0.273. The number of carbonyl (C=O) groups is 2. The number of amides is 2. The number of fused-ring (bicyclic) bond motifs is 2. The van der Waals surface area contributed by atoms with Crippen LogP contribution < -0.4 is 4.90 Å². The van der Waals surface area contributed by atoms with Crippen LogP contribution in [0.25, 0.3) is 11.4 Å². The standard InChI is InChI=1S/C22H17ClN6O3/c23-16-7-2-1-6-15(16)20-24-17(32-26-20)11-28-19-18(25-27-28)21(30)29(22(19)31)14-9-8-12-4-3-5-13(12)10-14/h1-2,6-10,18-19H,3-5,11H2/t18-,19-/m1/s1. The maximum Gasteiger partial charge on any atom is 0.263 e. The van der Waals surface area contributed by atoms with E-state index in [1.54, 1.807) is 12.1 Å². The molecular formula is C22H17ClN6O3. The molecule has 0 spiro atoms. The number of aryl methyl sites for hydroxylation is 2. The Labute approximate surface area is 187 Å². The van der Waals surface area contributed by atoms with E-state index in [0.717, 1.165) is 19.3 Å². The summed E-state index contributed by atoms with van der Waals surface area (Å²) in [6.07, 6.45) is 3.09. The topological polar surface area (TPSA) is 104 Å². The molecule has 3 aromatic rings. The Hall–Kier alpha value is -3.59. The predicted octanol–water partition coefficient (Wildman–Crippen LogP) is 3.37. The summed E-state index contributed by atoms with van der Waals surface area (Å²) in [5, 5.41) is 14.0. The summed E-state index contributed by atoms with van der Waals surface area (Å²) >= 11 is 6.20. The molecule has 1 fully saturated rings. The second kappa shape index (κ2) is 7.23. The minimum Gasteiger partial charge on any atom is -0.337 e. The second-order valence-corrected chi connectivity index (χ2v) is 8.41. The highest BCUT2D eigenvalue weighted by Crippen LogP contribution is 2.35. The van der Waals surface area contributed by atoms with Gasteiger partial charge in [-0.3, -0.25) is 14.6 Å². The summed E-state index contributed by atoms with van der Waals surface area (Å²) in [7, 11) is 0. The molecule has 1 aliphatic carbocycles. The number of halogens is 1. The van der Waals surface area contributed by atoms with Crippen molar-refractivity contribution >= 4 is 29.1 Å². The van der Waals surface area contributed by atoms with E-state index in [-0.39, 0.29) is 24.2 Å². The van der Waals surface area contributed by atoms with Gasteiger partial charge in [0, 0.05) is 5.56 Å². The summed E-state index contributed by atoms with van der Waals surface area (Å²) in [5.41, 5.74) is 3.70. The van der Waals surface area contributed by atoms with Crippen molar-refractivity contribution in [3.63, 3.8) is 0 Å². The van der Waals surface area contributed by atoms with Crippen LogP contribution >= 0.6 is 11.6 Å². The molecule has 0 bridgehead atoms. The van der Waals surface area contributed by atoms with Crippen molar-refractivity contribution in [1.29, 1.82) is 0 Å². The lowest BCUT2D eigenvalue weighted by Crippen LogP contribution is -2.39. The average Bonchev–Trinajstić information content (AvgIpc) is 3.56. The predicted molar refractivity (Wildman–Crippen MR) is 114 cm³/mol. The van der Waals surface area contributed by atoms with Crippen LogP contribution in [-0.4, -0.2) is 39.0 Å². The van der Waals surface area contributed by atoms with E-state index in [2.05, 4.69) is 20.5 Å². The van der Waals surface area contributed by atoms with E-state index < -0.39 is 12.1 Å². The molecule has 0 unspecified atom stereocenters. The van der Waals surface area contributed by atoms with E-state index in [4.69, 9.17) is 16.1 Å². The van der Waals surface area contributed by atoms with Gasteiger partial charge in [0.25, 0.3) is 11.8 Å². The second-order valence-electron chi connectivity index (χ2n) is 8.00. The molecule has 10 heteroatoms. The van der Waals surface area contributed by atoms with Crippen molar-refractivity contribution in [2.45, 2.75) is 37.9 Å². The van der Waals surface area contributed by atoms with E-state index in [0.29, 0.717) is 22.1 Å². The lowest BCUT2D eigenvalue weighted by Gasteiger charge is -2.19. The van der Waals surface area contributed by atoms with Crippen molar-refractivity contribution < 1.29 is 14.1 Å². The van der Waals surface area contributed by atoms with E-state index in [1.165, 1.54) is 21.0 Å². The number of rotatable bonds is 4. The number of aromatic nitrogens is 2. The minimum atomic E-state index is -0.873. The van der Waals surface area contributed by atoms with Gasteiger partial charge in [-0.1, -0.05) is 40.2 Å². The monoisotopic (exact) mass is 448 g/mol. The van der Waals surface area contributed by atoms with E-state index in [1.807, 2.05) is 30.3 Å². The Bertz CT molecular complexity index is 1290. The average molecular weight is 449 g/mol. The highest BCUT2D eigenvalue weighted by molar-refractivity contribution is 6.33. The number of benzene rings is 2. The van der Waals surface area contributed by atoms with Gasteiger partial charge in [-0.25, -0.2) is 4.90 Å². The van der Waals surface area contributed by atoms with Gasteiger partial charge >= 0.3 is 0 Å². The molecule has 1 aromatic heterocycles. The van der Waals surface area contributed by atoms with Crippen LogP contribution in [0.1, 0.15) is 23.4 Å². The quantitative estimate of drug-likeness (QED) is 0.567. The van der Waals surface area contributed by atoms with E-state index in [9.17, 15) is 9.59 Å². The number of hydrogen-bond donors (Lipinski definition) is 0. The molecule has 0 N–H and O–H groups in total. The molecular weight excluding hydrogens is 432 g/mol. The molecule has 2 amide bonds. The number of hydrogen-bond acceptors (Lipinski definition) is 8. The molecule has 32 heavy (non-hydrogen) atoms. The summed E-state index contributed by atoms with van der Waals surface area (Å²) in [4.78, 5) is 31.8. The third-order valence-electron chi connectivity index (χ3n) is 6.08. The summed E-state index contributed by atoms with van der Waals surface area (Å²) in [6.45, 7) is 0.0547. The third-order valence-corrected chi connectivity index (χ3v) is 6.41. The normalized spacial score (nSPS) is 21.5. The lowest BCUT2D eigenvalue weighted by atomic mass is 10.1. The molecule has 9 nitrogen and oxygen atoms in total. The Morgan fingerprint density at radius 1 is 1.06 bits per heavy atom. The summed E-state index contributed by atoms with van der Waals surface area (Å²) < 4.78 is 5.34. The maximum absolute atomic E-state index is 13.2. The molecule has 2 aromatic carbocycles. The lowest BCUT2D eigenvalue weighted by molar-refractivity contribution is -0.123. The minimum absolute atomic E-state index is 0.0547. The summed E-state index contributed by atoms with van der Waals surface area (Å²) in [5.74, 6) is -0.136. The van der Waals surface area contributed by atoms with Gasteiger partial charge in [-0.05, 0) is 54.7 Å². The fourth-order valence-electron chi connectivity index (χ4n) is 4.52. The van der Waals surface area contributed by atoms with Crippen molar-refractivity contribution in [1.82, 2.24) is 15.1 Å². The number of nitrogens with zero attached hydrogens (tertiary/aromatic N) is 6. The number of imide groups is 1. The highest BCUT2D eigenvalue weighted by atomic mass is 35.5. The van der Waals surface area contributed by atoms with Crippen molar-refractivity contribution in [3.05, 3.63) is 64.5 Å². The zero-order valence-corrected chi connectivity index (χ0v) is 17.6. The first-order chi connectivity index (χ1) is 15.6. The van der Waals surface area contributed by atoms with Crippen LogP contribution in [0.4, 0.5) is 5.69 Å². The van der Waals surface area contributed by atoms with Gasteiger partial charge in [0.2, 0.25) is 11.7 Å². The van der Waals surface area contributed by atoms with Crippen LogP contribution in [0.2, 0.25) is 5.02 Å². The first-order valence-electron chi connectivity index (χ1n) is 10.3. The number of anilines is 1. The van der Waals surface area contributed by atoms with Gasteiger partial charge in [0.15, 0.2) is 12.1 Å². The van der Waals surface area contributed by atoms with Crippen molar-refractivity contribution in [2.24, 2.45) is 10.3 Å². The van der Waals surface area contributed by atoms with Crippen molar-refractivity contribution in [2.75, 3.05) is 4.90 Å². The smallest absolute Gasteiger partial charge is 0.263 e. The molecule has 3 aliphatic rings. The first kappa shape index (κ1) is 19.1. The Morgan fingerprint density at radius 3 is 2.78 bits per heavy atom. The molecule has 6 rings (SSSR count). The van der Waals surface area contributed by atoms with Gasteiger partial charge in [0.05, 0.1) is 10.7 Å². The Kier molecular flexibility index (Phi) is 4.32. The van der Waals surface area contributed by atoms with Crippen LogP contribution in [0.5, 0.6) is 0 Å². The first-order valence-corrected chi connectivity index (χ1v) is 10.7.